The molecule has 1 aromatic rings. The van der Waals surface area contributed by atoms with Crippen LogP contribution in [0.2, 0.25) is 0 Å². The summed E-state index contributed by atoms with van der Waals surface area (Å²) in [7, 11) is 0. The van der Waals surface area contributed by atoms with Crippen LogP contribution in [0.5, 0.6) is 0 Å². The lowest BCUT2D eigenvalue weighted by Gasteiger charge is -2.26. The van der Waals surface area contributed by atoms with Gasteiger partial charge in [-0.2, -0.15) is 0 Å². The van der Waals surface area contributed by atoms with Crippen LogP contribution in [-0.4, -0.2) is 24.5 Å². The first-order chi connectivity index (χ1) is 7.34. The summed E-state index contributed by atoms with van der Waals surface area (Å²) < 4.78 is 0. The fourth-order valence-corrected chi connectivity index (χ4v) is 2.82. The van der Waals surface area contributed by atoms with Gasteiger partial charge in [0.05, 0.1) is 0 Å². The number of fused-ring (bicyclic) bond motifs is 1. The van der Waals surface area contributed by atoms with Crippen LogP contribution in [-0.2, 0) is 0 Å². The molecule has 3 rings (SSSR count). The maximum atomic E-state index is 2.64. The van der Waals surface area contributed by atoms with Crippen molar-refractivity contribution in [1.82, 2.24) is 4.90 Å². The van der Waals surface area contributed by atoms with Gasteiger partial charge in [0.15, 0.2) is 0 Å². The summed E-state index contributed by atoms with van der Waals surface area (Å²) in [4.78, 5) is 2.64. The van der Waals surface area contributed by atoms with E-state index in [0.717, 1.165) is 5.92 Å². The van der Waals surface area contributed by atoms with E-state index in [4.69, 9.17) is 0 Å². The maximum absolute atomic E-state index is 2.64. The molecule has 0 radical (unpaired) electrons. The third kappa shape index (κ3) is 1.81. The molecular weight excluding hydrogens is 182 g/mol. The zero-order valence-electron chi connectivity index (χ0n) is 9.50. The summed E-state index contributed by atoms with van der Waals surface area (Å²) >= 11 is 0. The van der Waals surface area contributed by atoms with Crippen LogP contribution >= 0.6 is 0 Å². The topological polar surface area (TPSA) is 3.24 Å². The van der Waals surface area contributed by atoms with Gasteiger partial charge in [-0.1, -0.05) is 30.2 Å². The van der Waals surface area contributed by atoms with Crippen LogP contribution in [0, 0.1) is 6.92 Å². The number of nitrogens with zero attached hydrogens (tertiary/aromatic N) is 1. The summed E-state index contributed by atoms with van der Waals surface area (Å²) in [5.74, 6) is 0.775. The molecule has 0 N–H and O–H groups in total. The molecule has 1 saturated heterocycles. The van der Waals surface area contributed by atoms with Crippen LogP contribution in [0.15, 0.2) is 18.2 Å². The van der Waals surface area contributed by atoms with Crippen molar-refractivity contribution in [2.45, 2.75) is 32.1 Å². The minimum atomic E-state index is 0.775. The van der Waals surface area contributed by atoms with Crippen molar-refractivity contribution in [3.8, 4) is 0 Å². The first-order valence-corrected chi connectivity index (χ1v) is 6.17. The lowest BCUT2D eigenvalue weighted by molar-refractivity contribution is 0.229. The normalized spacial score (nSPS) is 25.0. The largest absolute Gasteiger partial charge is 0.302 e. The van der Waals surface area contributed by atoms with Crippen LogP contribution < -0.4 is 0 Å². The number of piperidine rings is 1. The van der Waals surface area contributed by atoms with Crippen molar-refractivity contribution in [2.75, 3.05) is 19.6 Å². The van der Waals surface area contributed by atoms with Gasteiger partial charge in [-0.25, -0.2) is 0 Å². The molecule has 1 heteroatoms. The zero-order valence-corrected chi connectivity index (χ0v) is 9.50. The van der Waals surface area contributed by atoms with Crippen molar-refractivity contribution in [3.63, 3.8) is 0 Å². The van der Waals surface area contributed by atoms with Gasteiger partial charge in [0.2, 0.25) is 0 Å². The number of hydrogen-bond acceptors (Lipinski definition) is 1. The number of benzene rings is 1. The predicted molar refractivity (Wildman–Crippen MR) is 63.3 cm³/mol. The van der Waals surface area contributed by atoms with Gasteiger partial charge >= 0.3 is 0 Å². The SMILES string of the molecule is Cc1ccc2c(c1)C2CN1CCCCC1. The summed E-state index contributed by atoms with van der Waals surface area (Å²) in [6.07, 6.45) is 4.25. The molecule has 1 aliphatic carbocycles. The van der Waals surface area contributed by atoms with Crippen LogP contribution in [0.1, 0.15) is 41.9 Å². The number of likely N-dealkylation sites (tertiary alicyclic amines) is 1. The Balaban J connectivity index is 1.63. The van der Waals surface area contributed by atoms with Gasteiger partial charge in [0.25, 0.3) is 0 Å². The predicted octanol–water partition coefficient (Wildman–Crippen LogP) is 2.93. The Morgan fingerprint density at radius 2 is 1.93 bits per heavy atom. The lowest BCUT2D eigenvalue weighted by atomic mass is 10.1. The fraction of sp³-hybridized carbons (Fsp3) is 0.571. The van der Waals surface area contributed by atoms with E-state index in [1.165, 1.54) is 44.5 Å². The summed E-state index contributed by atoms with van der Waals surface area (Å²) in [5, 5.41) is 0. The Kier molecular flexibility index (Phi) is 2.28. The molecule has 1 aromatic carbocycles. The minimum absolute atomic E-state index is 0.775. The Morgan fingerprint density at radius 1 is 1.13 bits per heavy atom. The van der Waals surface area contributed by atoms with Crippen molar-refractivity contribution < 1.29 is 0 Å². The molecule has 1 fully saturated rings. The van der Waals surface area contributed by atoms with Gasteiger partial charge in [0, 0.05) is 12.5 Å². The molecule has 0 aromatic heterocycles. The van der Waals surface area contributed by atoms with Gasteiger partial charge in [0.1, 0.15) is 0 Å². The average Bonchev–Trinajstić information content (AvgIpc) is 2.92. The summed E-state index contributed by atoms with van der Waals surface area (Å²) in [5.41, 5.74) is 4.63. The molecule has 80 valence electrons. The molecule has 0 spiro atoms. The molecule has 1 aliphatic heterocycles. The van der Waals surface area contributed by atoms with E-state index in [-0.39, 0.29) is 0 Å². The zero-order chi connectivity index (χ0) is 10.3. The smallest absolute Gasteiger partial charge is 0.0223 e. The lowest BCUT2D eigenvalue weighted by Crippen LogP contribution is -2.31. The van der Waals surface area contributed by atoms with E-state index < -0.39 is 0 Å². The monoisotopic (exact) mass is 201 g/mol. The molecule has 0 bridgehead atoms. The fourth-order valence-electron chi connectivity index (χ4n) is 2.82. The first kappa shape index (κ1) is 9.41. The van der Waals surface area contributed by atoms with Crippen molar-refractivity contribution in [3.05, 3.63) is 34.9 Å². The van der Waals surface area contributed by atoms with E-state index in [9.17, 15) is 0 Å². The second-order valence-electron chi connectivity index (χ2n) is 5.05. The molecule has 1 heterocycles. The summed E-state index contributed by atoms with van der Waals surface area (Å²) in [6.45, 7) is 6.11. The first-order valence-electron chi connectivity index (χ1n) is 6.17. The molecule has 0 saturated carbocycles. The Bertz CT molecular complexity index is 364. The molecule has 1 nitrogen and oxygen atoms in total. The van der Waals surface area contributed by atoms with Crippen LogP contribution in [0.25, 0.3) is 0 Å². The molecule has 2 aliphatic rings. The molecule has 15 heavy (non-hydrogen) atoms. The van der Waals surface area contributed by atoms with E-state index in [2.05, 4.69) is 30.0 Å². The average molecular weight is 201 g/mol. The third-order valence-corrected chi connectivity index (χ3v) is 3.80. The van der Waals surface area contributed by atoms with E-state index in [1.807, 2.05) is 0 Å². The van der Waals surface area contributed by atoms with E-state index >= 15 is 0 Å². The minimum Gasteiger partial charge on any atom is -0.302 e. The Labute approximate surface area is 92.1 Å². The highest BCUT2D eigenvalue weighted by Crippen LogP contribution is 2.44. The summed E-state index contributed by atoms with van der Waals surface area (Å²) in [6, 6.07) is 6.93. The Hall–Kier alpha value is -0.820. The molecule has 1 unspecified atom stereocenters. The number of rotatable bonds is 2. The quantitative estimate of drug-likeness (QED) is 0.711. The highest BCUT2D eigenvalue weighted by molar-refractivity contribution is 5.54. The maximum Gasteiger partial charge on any atom is 0.0223 e. The number of hydrogen-bond donors (Lipinski definition) is 0. The second-order valence-corrected chi connectivity index (χ2v) is 5.05. The highest BCUT2D eigenvalue weighted by Gasteiger charge is 2.33. The van der Waals surface area contributed by atoms with E-state index in [0.29, 0.717) is 0 Å². The molecular formula is C14H19N. The van der Waals surface area contributed by atoms with Gasteiger partial charge in [-0.3, -0.25) is 0 Å². The van der Waals surface area contributed by atoms with Gasteiger partial charge in [-0.05, 0) is 44.0 Å². The molecule has 1 atom stereocenters. The Morgan fingerprint density at radius 3 is 2.67 bits per heavy atom. The highest BCUT2D eigenvalue weighted by atomic mass is 15.1. The van der Waals surface area contributed by atoms with Crippen LogP contribution in [0.3, 0.4) is 0 Å². The van der Waals surface area contributed by atoms with Crippen molar-refractivity contribution in [2.24, 2.45) is 0 Å². The van der Waals surface area contributed by atoms with Crippen molar-refractivity contribution >= 4 is 0 Å². The van der Waals surface area contributed by atoms with Crippen LogP contribution in [0.4, 0.5) is 0 Å². The second kappa shape index (κ2) is 3.64. The van der Waals surface area contributed by atoms with E-state index in [1.54, 1.807) is 11.1 Å². The third-order valence-electron chi connectivity index (χ3n) is 3.80. The van der Waals surface area contributed by atoms with Crippen molar-refractivity contribution in [1.29, 1.82) is 0 Å². The van der Waals surface area contributed by atoms with Gasteiger partial charge in [-0.15, -0.1) is 0 Å². The molecule has 0 amide bonds. The number of aryl methyl sites for hydroxylation is 1. The standard InChI is InChI=1S/C14H19N/c1-11-5-6-12-13(9-11)14(12)10-15-7-3-2-4-8-15/h5-6,9,14H,2-4,7-8,10H2,1H3. The van der Waals surface area contributed by atoms with Gasteiger partial charge < -0.3 is 4.90 Å².